The zero-order valence-electron chi connectivity index (χ0n) is 15.9. The van der Waals surface area contributed by atoms with E-state index in [0.717, 1.165) is 37.4 Å². The van der Waals surface area contributed by atoms with Gasteiger partial charge in [0.05, 0.1) is 29.2 Å². The van der Waals surface area contributed by atoms with Crippen LogP contribution in [0, 0.1) is 10.1 Å². The van der Waals surface area contributed by atoms with Crippen molar-refractivity contribution in [1.82, 2.24) is 5.06 Å². The summed E-state index contributed by atoms with van der Waals surface area (Å²) in [6.45, 7) is 1.52. The Morgan fingerprint density at radius 3 is 2.42 bits per heavy atom. The average Bonchev–Trinajstić information content (AvgIpc) is 2.68. The zero-order valence-corrected chi connectivity index (χ0v) is 16.7. The minimum Gasteiger partial charge on any atom is -0.456 e. The molecule has 166 valence electrons. The smallest absolute Gasteiger partial charge is 0.443 e. The molecule has 1 amide bonds. The maximum Gasteiger partial charge on any atom is 0.443 e. The summed E-state index contributed by atoms with van der Waals surface area (Å²) in [5.41, 5.74) is -2.24. The van der Waals surface area contributed by atoms with Crippen molar-refractivity contribution in [1.29, 1.82) is 0 Å². The van der Waals surface area contributed by atoms with E-state index in [0.29, 0.717) is 11.1 Å². The second-order valence-electron chi connectivity index (χ2n) is 5.76. The Bertz CT molecular complexity index is 1010. The lowest BCUT2D eigenvalue weighted by atomic mass is 10.1. The fourth-order valence-corrected chi connectivity index (χ4v) is 2.43. The molecule has 31 heavy (non-hydrogen) atoms. The van der Waals surface area contributed by atoms with Crippen LogP contribution in [-0.4, -0.2) is 35.7 Å². The molecular formula is C18H14ClF3N2O7. The van der Waals surface area contributed by atoms with E-state index in [4.69, 9.17) is 21.2 Å². The van der Waals surface area contributed by atoms with Crippen LogP contribution in [0.4, 0.5) is 23.7 Å². The topological polar surface area (TPSA) is 108 Å². The predicted molar refractivity (Wildman–Crippen MR) is 99.8 cm³/mol. The quantitative estimate of drug-likeness (QED) is 0.442. The standard InChI is InChI=1S/C18H14ClF3N2O7/c1-3-29-17(26)23(2)31-16(25)12-9-11(5-6-14(12)24(27)28)30-15-7-4-10(8-13(15)19)18(20,21)22/h4-9H,3H2,1-2H3. The number of hydroxylamine groups is 2. The average molecular weight is 463 g/mol. The minimum absolute atomic E-state index is 0.00190. The van der Waals surface area contributed by atoms with Gasteiger partial charge in [0.25, 0.3) is 5.69 Å². The number of nitro benzene ring substituents is 1. The largest absolute Gasteiger partial charge is 0.456 e. The molecule has 9 nitrogen and oxygen atoms in total. The third-order valence-corrected chi connectivity index (χ3v) is 3.91. The van der Waals surface area contributed by atoms with Crippen molar-refractivity contribution in [3.05, 3.63) is 62.7 Å². The Balaban J connectivity index is 2.32. The molecule has 0 fully saturated rings. The summed E-state index contributed by atoms with van der Waals surface area (Å²) in [7, 11) is 1.06. The van der Waals surface area contributed by atoms with Crippen molar-refractivity contribution in [2.45, 2.75) is 13.1 Å². The van der Waals surface area contributed by atoms with Crippen LogP contribution >= 0.6 is 11.6 Å². The molecule has 2 aromatic carbocycles. The van der Waals surface area contributed by atoms with Crippen LogP contribution in [0.1, 0.15) is 22.8 Å². The molecule has 0 atom stereocenters. The van der Waals surface area contributed by atoms with Gasteiger partial charge in [-0.1, -0.05) is 11.6 Å². The molecule has 2 aromatic rings. The van der Waals surface area contributed by atoms with E-state index < -0.39 is 40.0 Å². The monoisotopic (exact) mass is 462 g/mol. The van der Waals surface area contributed by atoms with E-state index in [1.54, 1.807) is 0 Å². The lowest BCUT2D eigenvalue weighted by Crippen LogP contribution is -2.30. The van der Waals surface area contributed by atoms with Crippen LogP contribution in [0.3, 0.4) is 0 Å². The highest BCUT2D eigenvalue weighted by molar-refractivity contribution is 6.32. The number of alkyl halides is 3. The van der Waals surface area contributed by atoms with Crippen LogP contribution in [-0.2, 0) is 15.8 Å². The lowest BCUT2D eigenvalue weighted by molar-refractivity contribution is -0.385. The van der Waals surface area contributed by atoms with Gasteiger partial charge in [0, 0.05) is 12.1 Å². The number of benzene rings is 2. The Morgan fingerprint density at radius 1 is 1.19 bits per heavy atom. The van der Waals surface area contributed by atoms with Crippen molar-refractivity contribution in [2.24, 2.45) is 0 Å². The van der Waals surface area contributed by atoms with Gasteiger partial charge in [-0.3, -0.25) is 10.1 Å². The second kappa shape index (κ2) is 9.51. The normalized spacial score (nSPS) is 10.9. The summed E-state index contributed by atoms with van der Waals surface area (Å²) in [4.78, 5) is 39.0. The van der Waals surface area contributed by atoms with Crippen molar-refractivity contribution in [2.75, 3.05) is 13.7 Å². The first-order valence-electron chi connectivity index (χ1n) is 8.39. The molecule has 13 heteroatoms. The van der Waals surface area contributed by atoms with Crippen molar-refractivity contribution in [3.8, 4) is 11.5 Å². The van der Waals surface area contributed by atoms with Crippen molar-refractivity contribution >= 4 is 29.4 Å². The second-order valence-corrected chi connectivity index (χ2v) is 6.16. The van der Waals surface area contributed by atoms with E-state index in [-0.39, 0.29) is 23.1 Å². The van der Waals surface area contributed by atoms with Gasteiger partial charge in [-0.25, -0.2) is 9.59 Å². The predicted octanol–water partition coefficient (Wildman–Crippen LogP) is 5.22. The minimum atomic E-state index is -4.61. The number of amides is 1. The number of nitro groups is 1. The van der Waals surface area contributed by atoms with Gasteiger partial charge < -0.3 is 14.3 Å². The van der Waals surface area contributed by atoms with Crippen LogP contribution < -0.4 is 4.74 Å². The highest BCUT2D eigenvalue weighted by atomic mass is 35.5. The number of carbonyl (C=O) groups excluding carboxylic acids is 2. The Labute approximate surface area is 178 Å². The van der Waals surface area contributed by atoms with Gasteiger partial charge in [0.1, 0.15) is 17.1 Å². The zero-order chi connectivity index (χ0) is 23.3. The van der Waals surface area contributed by atoms with Gasteiger partial charge in [-0.05, 0) is 31.2 Å². The number of ether oxygens (including phenoxy) is 2. The van der Waals surface area contributed by atoms with Crippen LogP contribution in [0.15, 0.2) is 36.4 Å². The van der Waals surface area contributed by atoms with E-state index in [1.165, 1.54) is 6.92 Å². The molecule has 0 aliphatic rings. The van der Waals surface area contributed by atoms with Crippen LogP contribution in [0.25, 0.3) is 0 Å². The molecule has 0 unspecified atom stereocenters. The third-order valence-electron chi connectivity index (χ3n) is 3.62. The number of halogens is 4. The Hall–Kier alpha value is -3.54. The molecule has 0 radical (unpaired) electrons. The molecule has 0 bridgehead atoms. The summed E-state index contributed by atoms with van der Waals surface area (Å²) in [6.07, 6.45) is -5.63. The van der Waals surface area contributed by atoms with E-state index in [2.05, 4.69) is 4.74 Å². The third kappa shape index (κ3) is 5.98. The molecule has 0 N–H and O–H groups in total. The van der Waals surface area contributed by atoms with Crippen LogP contribution in [0.2, 0.25) is 5.02 Å². The van der Waals surface area contributed by atoms with Crippen molar-refractivity contribution < 1.29 is 42.0 Å². The fourth-order valence-electron chi connectivity index (χ4n) is 2.21. The molecule has 0 saturated heterocycles. The first-order chi connectivity index (χ1) is 14.4. The summed E-state index contributed by atoms with van der Waals surface area (Å²) in [5.74, 6) is -1.62. The maximum absolute atomic E-state index is 12.7. The van der Waals surface area contributed by atoms with Gasteiger partial charge in [0.15, 0.2) is 0 Å². The molecule has 0 aromatic heterocycles. The molecule has 2 rings (SSSR count). The first-order valence-corrected chi connectivity index (χ1v) is 8.77. The highest BCUT2D eigenvalue weighted by Crippen LogP contribution is 2.37. The molecule has 0 aliphatic heterocycles. The molecule has 0 heterocycles. The number of rotatable bonds is 5. The summed E-state index contributed by atoms with van der Waals surface area (Å²) >= 11 is 5.82. The van der Waals surface area contributed by atoms with E-state index >= 15 is 0 Å². The molecular weight excluding hydrogens is 449 g/mol. The highest BCUT2D eigenvalue weighted by Gasteiger charge is 2.31. The SMILES string of the molecule is CCOC(=O)N(C)OC(=O)c1cc(Oc2ccc(C(F)(F)F)cc2Cl)ccc1[N+](=O)[O-]. The molecule has 0 spiro atoms. The maximum atomic E-state index is 12.7. The van der Waals surface area contributed by atoms with E-state index in [9.17, 15) is 32.9 Å². The number of carbonyl (C=O) groups is 2. The van der Waals surface area contributed by atoms with Crippen LogP contribution in [0.5, 0.6) is 11.5 Å². The number of nitrogens with zero attached hydrogens (tertiary/aromatic N) is 2. The summed E-state index contributed by atoms with van der Waals surface area (Å²) in [6, 6.07) is 5.29. The lowest BCUT2D eigenvalue weighted by Gasteiger charge is -2.16. The first kappa shape index (κ1) is 23.7. The van der Waals surface area contributed by atoms with E-state index in [1.807, 2.05) is 0 Å². The van der Waals surface area contributed by atoms with Gasteiger partial charge in [-0.2, -0.15) is 13.2 Å². The van der Waals surface area contributed by atoms with Gasteiger partial charge in [-0.15, -0.1) is 5.06 Å². The fraction of sp³-hybridized carbons (Fsp3) is 0.222. The summed E-state index contributed by atoms with van der Waals surface area (Å²) in [5, 5.41) is 11.3. The Kier molecular flexibility index (Phi) is 7.28. The number of hydrogen-bond donors (Lipinski definition) is 0. The van der Waals surface area contributed by atoms with Crippen molar-refractivity contribution in [3.63, 3.8) is 0 Å². The van der Waals surface area contributed by atoms with Gasteiger partial charge >= 0.3 is 18.2 Å². The summed E-state index contributed by atoms with van der Waals surface area (Å²) < 4.78 is 48.2. The number of hydrogen-bond acceptors (Lipinski definition) is 7. The molecule has 0 saturated carbocycles. The Morgan fingerprint density at radius 2 is 1.87 bits per heavy atom. The molecule has 0 aliphatic carbocycles. The van der Waals surface area contributed by atoms with Gasteiger partial charge in [0.2, 0.25) is 0 Å².